The van der Waals surface area contributed by atoms with Gasteiger partial charge in [-0.1, -0.05) is 29.8 Å². The molecule has 0 aliphatic carbocycles. The molecule has 1 aromatic carbocycles. The van der Waals surface area contributed by atoms with Gasteiger partial charge in [-0.05, 0) is 6.92 Å². The molecule has 5 heteroatoms. The summed E-state index contributed by atoms with van der Waals surface area (Å²) in [6, 6.07) is 7.73. The Morgan fingerprint density at radius 3 is 2.00 bits per heavy atom. The molecule has 0 unspecified atom stereocenters. The fraction of sp³-hybridized carbons (Fsp3) is 0.235. The average molecular weight is 294 g/mol. The van der Waals surface area contributed by atoms with Gasteiger partial charge in [0.05, 0.1) is 18.6 Å². The predicted octanol–water partition coefficient (Wildman–Crippen LogP) is 2.59. The average Bonchev–Trinajstić information content (AvgIpc) is 3.20. The second kappa shape index (κ2) is 6.39. The lowest BCUT2D eigenvalue weighted by Gasteiger charge is -2.17. The number of benzene rings is 1. The molecule has 0 bridgehead atoms. The summed E-state index contributed by atoms with van der Waals surface area (Å²) in [7, 11) is 0. The van der Waals surface area contributed by atoms with E-state index in [9.17, 15) is 4.79 Å². The summed E-state index contributed by atoms with van der Waals surface area (Å²) in [5.74, 6) is -0.0199. The smallest absolute Gasteiger partial charge is 0.169 e. The van der Waals surface area contributed by atoms with Crippen LogP contribution in [0.1, 0.15) is 15.9 Å². The van der Waals surface area contributed by atoms with Crippen LogP contribution < -0.4 is 0 Å². The molecular formula is C17H18N4O. The Bertz CT molecular complexity index is 678. The van der Waals surface area contributed by atoms with E-state index in [-0.39, 0.29) is 11.7 Å². The molecule has 0 atom stereocenters. The zero-order valence-corrected chi connectivity index (χ0v) is 12.5. The number of carbonyl (C=O) groups excluding carboxylic acids is 1. The molecule has 3 aromatic rings. The first-order valence-electron chi connectivity index (χ1n) is 7.25. The first kappa shape index (κ1) is 14.3. The normalized spacial score (nSPS) is 11.0. The van der Waals surface area contributed by atoms with Gasteiger partial charge >= 0.3 is 0 Å². The molecule has 0 amide bonds. The fourth-order valence-electron chi connectivity index (χ4n) is 2.48. The molecular weight excluding hydrogens is 276 g/mol. The lowest BCUT2D eigenvalue weighted by atomic mass is 9.96. The SMILES string of the molecule is Cc1ccc(C(=O)C(Cn2ccnc2)Cn2ccnc2)cc1. The van der Waals surface area contributed by atoms with E-state index in [1.165, 1.54) is 0 Å². The van der Waals surface area contributed by atoms with Crippen molar-refractivity contribution in [3.8, 4) is 0 Å². The molecule has 0 aliphatic heterocycles. The number of nitrogens with zero attached hydrogens (tertiary/aromatic N) is 4. The van der Waals surface area contributed by atoms with Gasteiger partial charge in [0.2, 0.25) is 0 Å². The third-order valence-electron chi connectivity index (χ3n) is 3.69. The summed E-state index contributed by atoms with van der Waals surface area (Å²) in [5, 5.41) is 0. The highest BCUT2D eigenvalue weighted by Gasteiger charge is 2.21. The minimum absolute atomic E-state index is 0.141. The van der Waals surface area contributed by atoms with E-state index in [2.05, 4.69) is 9.97 Å². The summed E-state index contributed by atoms with van der Waals surface area (Å²) < 4.78 is 3.88. The van der Waals surface area contributed by atoms with Crippen LogP contribution in [-0.2, 0) is 13.1 Å². The van der Waals surface area contributed by atoms with Gasteiger partial charge in [0.1, 0.15) is 0 Å². The molecule has 0 fully saturated rings. The van der Waals surface area contributed by atoms with Crippen molar-refractivity contribution in [2.24, 2.45) is 5.92 Å². The summed E-state index contributed by atoms with van der Waals surface area (Å²) in [6.07, 6.45) is 10.7. The van der Waals surface area contributed by atoms with Crippen LogP contribution in [0.25, 0.3) is 0 Å². The number of imidazole rings is 2. The Balaban J connectivity index is 1.83. The number of rotatable bonds is 6. The second-order valence-electron chi connectivity index (χ2n) is 5.45. The number of carbonyl (C=O) groups is 1. The van der Waals surface area contributed by atoms with Crippen molar-refractivity contribution in [3.05, 3.63) is 72.8 Å². The Labute approximate surface area is 129 Å². The van der Waals surface area contributed by atoms with Crippen molar-refractivity contribution in [3.63, 3.8) is 0 Å². The van der Waals surface area contributed by atoms with Gasteiger partial charge in [0.15, 0.2) is 5.78 Å². The Hall–Kier alpha value is -2.69. The number of aryl methyl sites for hydroxylation is 1. The standard InChI is InChI=1S/C17H18N4O/c1-14-2-4-15(5-3-14)17(22)16(10-20-8-6-18-12-20)11-21-9-7-19-13-21/h2-9,12-13,16H,10-11H2,1H3. The zero-order chi connectivity index (χ0) is 15.4. The molecule has 3 rings (SSSR count). The maximum absolute atomic E-state index is 12.8. The largest absolute Gasteiger partial charge is 0.337 e. The molecule has 2 aromatic heterocycles. The van der Waals surface area contributed by atoms with Crippen LogP contribution in [-0.4, -0.2) is 24.9 Å². The molecule has 0 aliphatic rings. The van der Waals surface area contributed by atoms with Crippen molar-refractivity contribution in [2.75, 3.05) is 0 Å². The van der Waals surface area contributed by atoms with Crippen LogP contribution in [0.2, 0.25) is 0 Å². The van der Waals surface area contributed by atoms with Gasteiger partial charge in [-0.25, -0.2) is 9.97 Å². The number of hydrogen-bond acceptors (Lipinski definition) is 3. The molecule has 2 heterocycles. The van der Waals surface area contributed by atoms with Gasteiger partial charge in [0.25, 0.3) is 0 Å². The van der Waals surface area contributed by atoms with Crippen LogP contribution in [0.3, 0.4) is 0 Å². The van der Waals surface area contributed by atoms with E-state index in [1.807, 2.05) is 52.7 Å². The summed E-state index contributed by atoms with van der Waals surface area (Å²) in [5.41, 5.74) is 1.90. The van der Waals surface area contributed by atoms with Crippen LogP contribution in [0.15, 0.2) is 61.7 Å². The minimum Gasteiger partial charge on any atom is -0.337 e. The molecule has 5 nitrogen and oxygen atoms in total. The van der Waals surface area contributed by atoms with Gasteiger partial charge in [-0.15, -0.1) is 0 Å². The van der Waals surface area contributed by atoms with Gasteiger partial charge in [-0.2, -0.15) is 0 Å². The Kier molecular flexibility index (Phi) is 4.14. The first-order chi connectivity index (χ1) is 10.7. The quantitative estimate of drug-likeness (QED) is 0.657. The lowest BCUT2D eigenvalue weighted by molar-refractivity contribution is 0.0892. The molecule has 112 valence electrons. The molecule has 0 radical (unpaired) electrons. The molecule has 0 N–H and O–H groups in total. The molecule has 0 spiro atoms. The predicted molar refractivity (Wildman–Crippen MR) is 83.5 cm³/mol. The lowest BCUT2D eigenvalue weighted by Crippen LogP contribution is -2.25. The minimum atomic E-state index is -0.161. The van der Waals surface area contributed by atoms with Crippen molar-refractivity contribution in [1.29, 1.82) is 0 Å². The summed E-state index contributed by atoms with van der Waals surface area (Å²) in [6.45, 7) is 3.22. The third-order valence-corrected chi connectivity index (χ3v) is 3.69. The maximum Gasteiger partial charge on any atom is 0.169 e. The van der Waals surface area contributed by atoms with Gasteiger partial charge in [-0.3, -0.25) is 4.79 Å². The summed E-state index contributed by atoms with van der Waals surface area (Å²) >= 11 is 0. The first-order valence-corrected chi connectivity index (χ1v) is 7.25. The van der Waals surface area contributed by atoms with E-state index < -0.39 is 0 Å². The number of aromatic nitrogens is 4. The molecule has 22 heavy (non-hydrogen) atoms. The van der Waals surface area contributed by atoms with E-state index in [1.54, 1.807) is 25.0 Å². The molecule has 0 saturated heterocycles. The summed E-state index contributed by atoms with van der Waals surface area (Å²) in [4.78, 5) is 20.9. The third kappa shape index (κ3) is 3.31. The van der Waals surface area contributed by atoms with E-state index in [0.717, 1.165) is 11.1 Å². The number of ketones is 1. The van der Waals surface area contributed by atoms with Crippen molar-refractivity contribution >= 4 is 5.78 Å². The van der Waals surface area contributed by atoms with Crippen molar-refractivity contribution < 1.29 is 4.79 Å². The van der Waals surface area contributed by atoms with Crippen LogP contribution in [0, 0.1) is 12.8 Å². The monoisotopic (exact) mass is 294 g/mol. The Morgan fingerprint density at radius 2 is 1.55 bits per heavy atom. The van der Waals surface area contributed by atoms with E-state index >= 15 is 0 Å². The topological polar surface area (TPSA) is 52.7 Å². The van der Waals surface area contributed by atoms with Gasteiger partial charge < -0.3 is 9.13 Å². The van der Waals surface area contributed by atoms with Crippen molar-refractivity contribution in [1.82, 2.24) is 19.1 Å². The van der Waals surface area contributed by atoms with Crippen molar-refractivity contribution in [2.45, 2.75) is 20.0 Å². The highest BCUT2D eigenvalue weighted by molar-refractivity contribution is 5.97. The number of hydrogen-bond donors (Lipinski definition) is 0. The van der Waals surface area contributed by atoms with Crippen LogP contribution in [0.5, 0.6) is 0 Å². The van der Waals surface area contributed by atoms with Gasteiger partial charge in [0, 0.05) is 43.4 Å². The van der Waals surface area contributed by atoms with Crippen LogP contribution in [0.4, 0.5) is 0 Å². The molecule has 0 saturated carbocycles. The zero-order valence-electron chi connectivity index (χ0n) is 12.5. The maximum atomic E-state index is 12.8. The number of Topliss-reactive ketones (excluding diaryl/α,β-unsaturated/α-hetero) is 1. The second-order valence-corrected chi connectivity index (χ2v) is 5.45. The highest BCUT2D eigenvalue weighted by Crippen LogP contribution is 2.15. The highest BCUT2D eigenvalue weighted by atomic mass is 16.1. The fourth-order valence-corrected chi connectivity index (χ4v) is 2.48. The Morgan fingerprint density at radius 1 is 1.00 bits per heavy atom. The van der Waals surface area contributed by atoms with E-state index in [4.69, 9.17) is 0 Å². The van der Waals surface area contributed by atoms with E-state index in [0.29, 0.717) is 13.1 Å². The van der Waals surface area contributed by atoms with Crippen LogP contribution >= 0.6 is 0 Å².